The van der Waals surface area contributed by atoms with Crippen LogP contribution in [0.25, 0.3) is 11.3 Å². The molecule has 0 aliphatic carbocycles. The highest BCUT2D eigenvalue weighted by molar-refractivity contribution is 5.98. The lowest BCUT2D eigenvalue weighted by Gasteiger charge is -2.24. The number of hydrogen-bond acceptors (Lipinski definition) is 10. The number of hydroxylamine groups is 1. The van der Waals surface area contributed by atoms with Gasteiger partial charge in [0.15, 0.2) is 5.76 Å². The Morgan fingerprint density at radius 1 is 0.765 bits per heavy atom. The number of methoxy groups -OCH3 is 2. The van der Waals surface area contributed by atoms with Crippen molar-refractivity contribution >= 4 is 35.6 Å². The molecule has 1 heterocycles. The fourth-order valence-corrected chi connectivity index (χ4v) is 5.27. The standard InChI is InChI=1S/C37H46N4O10/c1-5-7-9-14-29(28(6-2)35(45)40-50-23-25-12-10-8-11-13-25)34(44)38-24-39-36(46)31-20-19-30(51-31)26-15-17-27(18-16-26)37(47)41(21-32(42)48-3)22-33(43)49-4/h8,10-13,15-20,28-29H,5-7,9,14,21-24H2,1-4H3,(H,38,44)(H,39,46)(H,40,45)/t28-,29-/m1/s1. The van der Waals surface area contributed by atoms with Gasteiger partial charge >= 0.3 is 11.9 Å². The summed E-state index contributed by atoms with van der Waals surface area (Å²) in [5.74, 6) is -4.23. The SMILES string of the molecule is CCCCC[C@@H](C(=O)NCNC(=O)c1ccc(-c2ccc(C(=O)N(CC(=O)OC)CC(=O)OC)cc2)o1)[C@@H](CC)C(=O)NOCc1ccccc1. The molecule has 0 spiro atoms. The zero-order chi connectivity index (χ0) is 37.2. The monoisotopic (exact) mass is 706 g/mol. The average molecular weight is 707 g/mol. The number of benzene rings is 2. The molecule has 0 fully saturated rings. The van der Waals surface area contributed by atoms with E-state index in [0.29, 0.717) is 24.2 Å². The molecular weight excluding hydrogens is 660 g/mol. The summed E-state index contributed by atoms with van der Waals surface area (Å²) in [4.78, 5) is 82.2. The molecule has 274 valence electrons. The quantitative estimate of drug-likeness (QED) is 0.0672. The molecule has 0 bridgehead atoms. The number of hydrogen-bond donors (Lipinski definition) is 3. The van der Waals surface area contributed by atoms with Gasteiger partial charge in [0.2, 0.25) is 11.8 Å². The number of ether oxygens (including phenoxy) is 2. The van der Waals surface area contributed by atoms with Crippen LogP contribution in [0.1, 0.15) is 72.4 Å². The van der Waals surface area contributed by atoms with Gasteiger partial charge in [0, 0.05) is 17.0 Å². The first-order valence-corrected chi connectivity index (χ1v) is 16.8. The van der Waals surface area contributed by atoms with Crippen LogP contribution in [0.5, 0.6) is 0 Å². The maximum Gasteiger partial charge on any atom is 0.325 e. The second-order valence-electron chi connectivity index (χ2n) is 11.6. The summed E-state index contributed by atoms with van der Waals surface area (Å²) in [6, 6.07) is 18.6. The lowest BCUT2D eigenvalue weighted by atomic mass is 9.84. The lowest BCUT2D eigenvalue weighted by molar-refractivity contribution is -0.145. The fourth-order valence-electron chi connectivity index (χ4n) is 5.27. The van der Waals surface area contributed by atoms with Crippen LogP contribution in [-0.4, -0.2) is 74.4 Å². The van der Waals surface area contributed by atoms with E-state index in [1.165, 1.54) is 32.4 Å². The van der Waals surface area contributed by atoms with Gasteiger partial charge in [-0.3, -0.25) is 33.6 Å². The van der Waals surface area contributed by atoms with E-state index in [2.05, 4.69) is 32.5 Å². The minimum Gasteiger partial charge on any atom is -0.468 e. The summed E-state index contributed by atoms with van der Waals surface area (Å²) in [5, 5.41) is 5.35. The molecule has 3 N–H and O–H groups in total. The maximum absolute atomic E-state index is 13.3. The Morgan fingerprint density at radius 2 is 1.43 bits per heavy atom. The van der Waals surface area contributed by atoms with E-state index in [9.17, 15) is 28.8 Å². The van der Waals surface area contributed by atoms with Gasteiger partial charge in [-0.25, -0.2) is 5.48 Å². The molecule has 0 radical (unpaired) electrons. The zero-order valence-corrected chi connectivity index (χ0v) is 29.4. The third-order valence-electron chi connectivity index (χ3n) is 8.11. The van der Waals surface area contributed by atoms with Gasteiger partial charge in [-0.05, 0) is 42.7 Å². The second-order valence-corrected chi connectivity index (χ2v) is 11.6. The van der Waals surface area contributed by atoms with E-state index in [4.69, 9.17) is 9.25 Å². The summed E-state index contributed by atoms with van der Waals surface area (Å²) >= 11 is 0. The van der Waals surface area contributed by atoms with Gasteiger partial charge in [-0.2, -0.15) is 0 Å². The normalized spacial score (nSPS) is 11.8. The summed E-state index contributed by atoms with van der Waals surface area (Å²) in [5.41, 5.74) is 4.14. The first kappa shape index (κ1) is 39.9. The van der Waals surface area contributed by atoms with Crippen molar-refractivity contribution in [2.24, 2.45) is 11.8 Å². The van der Waals surface area contributed by atoms with Crippen molar-refractivity contribution in [1.82, 2.24) is 21.0 Å². The smallest absolute Gasteiger partial charge is 0.325 e. The second kappa shape index (κ2) is 20.9. The highest BCUT2D eigenvalue weighted by atomic mass is 16.6. The lowest BCUT2D eigenvalue weighted by Crippen LogP contribution is -2.45. The van der Waals surface area contributed by atoms with Crippen molar-refractivity contribution in [3.63, 3.8) is 0 Å². The van der Waals surface area contributed by atoms with E-state index in [1.807, 2.05) is 37.3 Å². The summed E-state index contributed by atoms with van der Waals surface area (Å²) in [6.07, 6.45) is 3.54. The minimum absolute atomic E-state index is 0.0115. The molecule has 51 heavy (non-hydrogen) atoms. The number of esters is 2. The maximum atomic E-state index is 13.3. The average Bonchev–Trinajstić information content (AvgIpc) is 3.65. The van der Waals surface area contributed by atoms with Crippen molar-refractivity contribution in [1.29, 1.82) is 0 Å². The van der Waals surface area contributed by atoms with Crippen LogP contribution in [0.2, 0.25) is 0 Å². The van der Waals surface area contributed by atoms with E-state index in [-0.39, 0.29) is 36.4 Å². The van der Waals surface area contributed by atoms with E-state index in [0.717, 1.165) is 29.7 Å². The van der Waals surface area contributed by atoms with Gasteiger partial charge in [-0.15, -0.1) is 0 Å². The number of nitrogens with one attached hydrogen (secondary N) is 3. The highest BCUT2D eigenvalue weighted by Gasteiger charge is 2.32. The van der Waals surface area contributed by atoms with E-state index < -0.39 is 48.7 Å². The summed E-state index contributed by atoms with van der Waals surface area (Å²) < 4.78 is 15.0. The molecular formula is C37H46N4O10. The first-order chi connectivity index (χ1) is 24.6. The number of carbonyl (C=O) groups excluding carboxylic acids is 6. The minimum atomic E-state index is -0.700. The van der Waals surface area contributed by atoms with Crippen LogP contribution < -0.4 is 16.1 Å². The Balaban J connectivity index is 1.58. The van der Waals surface area contributed by atoms with Crippen molar-refractivity contribution in [3.8, 4) is 11.3 Å². The molecule has 1 aromatic heterocycles. The molecule has 2 aromatic carbocycles. The molecule has 3 aromatic rings. The number of unbranched alkanes of at least 4 members (excludes halogenated alkanes) is 2. The molecule has 14 nitrogen and oxygen atoms in total. The molecule has 0 aliphatic heterocycles. The number of rotatable bonds is 20. The van der Waals surface area contributed by atoms with Crippen LogP contribution in [0.4, 0.5) is 0 Å². The number of furan rings is 1. The Morgan fingerprint density at radius 3 is 2.04 bits per heavy atom. The molecule has 3 rings (SSSR count). The molecule has 0 aliphatic rings. The van der Waals surface area contributed by atoms with E-state index in [1.54, 1.807) is 18.2 Å². The van der Waals surface area contributed by atoms with Gasteiger partial charge < -0.3 is 29.4 Å². The van der Waals surface area contributed by atoms with E-state index >= 15 is 0 Å². The van der Waals surface area contributed by atoms with Gasteiger partial charge in [0.25, 0.3) is 11.8 Å². The van der Waals surface area contributed by atoms with Gasteiger partial charge in [-0.1, -0.05) is 75.6 Å². The zero-order valence-electron chi connectivity index (χ0n) is 29.4. The van der Waals surface area contributed by atoms with Crippen molar-refractivity contribution in [3.05, 3.63) is 83.6 Å². The number of carbonyl (C=O) groups is 6. The molecule has 0 saturated carbocycles. The third kappa shape index (κ3) is 12.4. The Hall–Kier alpha value is -5.50. The Labute approximate surface area is 297 Å². The van der Waals surface area contributed by atoms with Crippen LogP contribution in [0.3, 0.4) is 0 Å². The predicted octanol–water partition coefficient (Wildman–Crippen LogP) is 4.01. The number of amides is 4. The predicted molar refractivity (Wildman–Crippen MR) is 185 cm³/mol. The largest absolute Gasteiger partial charge is 0.468 e. The van der Waals surface area contributed by atoms with Gasteiger partial charge in [0.05, 0.1) is 33.4 Å². The molecule has 4 amide bonds. The van der Waals surface area contributed by atoms with Crippen molar-refractivity contribution < 1.29 is 47.5 Å². The topological polar surface area (TPSA) is 183 Å². The van der Waals surface area contributed by atoms with Crippen LogP contribution in [0.15, 0.2) is 71.1 Å². The highest BCUT2D eigenvalue weighted by Crippen LogP contribution is 2.25. The Bertz CT molecular complexity index is 1590. The Kier molecular flexibility index (Phi) is 16.4. The van der Waals surface area contributed by atoms with Gasteiger partial charge in [0.1, 0.15) is 18.8 Å². The van der Waals surface area contributed by atoms with Crippen LogP contribution >= 0.6 is 0 Å². The molecule has 2 atom stereocenters. The summed E-state index contributed by atoms with van der Waals surface area (Å²) in [7, 11) is 2.35. The first-order valence-electron chi connectivity index (χ1n) is 16.8. The molecule has 0 unspecified atom stereocenters. The van der Waals surface area contributed by atoms with Crippen LogP contribution in [-0.2, 0) is 40.1 Å². The summed E-state index contributed by atoms with van der Waals surface area (Å²) in [6.45, 7) is 3.01. The molecule has 14 heteroatoms. The molecule has 0 saturated heterocycles. The number of nitrogens with zero attached hydrogens (tertiary/aromatic N) is 1. The van der Waals surface area contributed by atoms with Crippen molar-refractivity contribution in [2.75, 3.05) is 34.0 Å². The van der Waals surface area contributed by atoms with Crippen molar-refractivity contribution in [2.45, 2.75) is 52.6 Å². The fraction of sp³-hybridized carbons (Fsp3) is 0.405. The van der Waals surface area contributed by atoms with Crippen LogP contribution in [0, 0.1) is 11.8 Å². The third-order valence-corrected chi connectivity index (χ3v) is 8.11.